The fourth-order valence-corrected chi connectivity index (χ4v) is 0.740. The number of hydrogen-bond acceptors (Lipinski definition) is 1. The molecule has 7 heteroatoms. The molecule has 0 fully saturated rings. The Morgan fingerprint density at radius 2 is 1.43 bits per heavy atom. The molecule has 0 aromatic heterocycles. The summed E-state index contributed by atoms with van der Waals surface area (Å²) in [5.41, 5.74) is 0.893. The van der Waals surface area contributed by atoms with Gasteiger partial charge in [0.25, 0.3) is 0 Å². The van der Waals surface area contributed by atoms with E-state index in [0.29, 0.717) is 0 Å². The van der Waals surface area contributed by atoms with Crippen LogP contribution in [0, 0.1) is 0 Å². The molecule has 3 nitrogen and oxygen atoms in total. The van der Waals surface area contributed by atoms with Gasteiger partial charge in [0.05, 0.1) is 0 Å². The third-order valence-electron chi connectivity index (χ3n) is 1.25. The lowest BCUT2D eigenvalue weighted by molar-refractivity contribution is -0.274. The van der Waals surface area contributed by atoms with Crippen LogP contribution in [0.2, 0.25) is 0 Å². The number of halogens is 3. The number of ether oxygens (including phenoxy) is 1. The summed E-state index contributed by atoms with van der Waals surface area (Å²) in [7, 11) is 1.79. The Kier molecular flexibility index (Phi) is 6.01. The maximum Gasteiger partial charge on any atom is 0.573 e. The molecular formula is C7H10BF3O3. The maximum atomic E-state index is 11.6. The van der Waals surface area contributed by atoms with Gasteiger partial charge in [-0.15, -0.1) is 13.2 Å². The van der Waals surface area contributed by atoms with Crippen LogP contribution in [0.4, 0.5) is 13.2 Å². The van der Waals surface area contributed by atoms with Crippen LogP contribution >= 0.6 is 0 Å². The summed E-state index contributed by atoms with van der Waals surface area (Å²) in [5, 5.41) is 0. The van der Waals surface area contributed by atoms with Crippen molar-refractivity contribution in [3.8, 4) is 5.75 Å². The zero-order valence-electron chi connectivity index (χ0n) is 7.35. The lowest BCUT2D eigenvalue weighted by atomic mass is 9.97. The van der Waals surface area contributed by atoms with Gasteiger partial charge >= 0.3 is 6.36 Å². The molecule has 1 aromatic carbocycles. The lowest BCUT2D eigenvalue weighted by Gasteiger charge is -2.08. The second-order valence-corrected chi connectivity index (χ2v) is 2.36. The fraction of sp³-hybridized carbons (Fsp3) is 0.143. The van der Waals surface area contributed by atoms with Crippen LogP contribution in [0.1, 0.15) is 0 Å². The smallest absolute Gasteiger partial charge is 0.412 e. The first-order chi connectivity index (χ1) is 5.47. The molecular weight excluding hydrogens is 200 g/mol. The summed E-state index contributed by atoms with van der Waals surface area (Å²) < 4.78 is 38.5. The molecule has 14 heavy (non-hydrogen) atoms. The SMILES string of the molecule is Bc1ccc(OC(F)(F)F)cc1.O.O. The molecule has 80 valence electrons. The average Bonchev–Trinajstić information content (AvgIpc) is 1.91. The molecule has 0 aliphatic carbocycles. The highest BCUT2D eigenvalue weighted by atomic mass is 19.4. The summed E-state index contributed by atoms with van der Waals surface area (Å²) in [4.78, 5) is 0. The topological polar surface area (TPSA) is 72.2 Å². The standard InChI is InChI=1S/C7H6BF3O.2H2O/c8-5-1-3-6(4-2-5)12-7(9,10)11;;/h1-4H,8H2;2*1H2. The van der Waals surface area contributed by atoms with Crippen molar-refractivity contribution in [2.24, 2.45) is 0 Å². The summed E-state index contributed by atoms with van der Waals surface area (Å²) in [6.45, 7) is 0. The van der Waals surface area contributed by atoms with Crippen LogP contribution in [-0.4, -0.2) is 25.2 Å². The van der Waals surface area contributed by atoms with Crippen LogP contribution in [0.5, 0.6) is 5.75 Å². The molecule has 0 saturated carbocycles. The number of benzene rings is 1. The van der Waals surface area contributed by atoms with Crippen molar-refractivity contribution in [1.29, 1.82) is 0 Å². The van der Waals surface area contributed by atoms with E-state index in [-0.39, 0.29) is 16.7 Å². The molecule has 0 spiro atoms. The molecule has 1 aromatic rings. The zero-order chi connectivity index (χ0) is 9.19. The lowest BCUT2D eigenvalue weighted by Crippen LogP contribution is -2.17. The average molecular weight is 210 g/mol. The monoisotopic (exact) mass is 210 g/mol. The highest BCUT2D eigenvalue weighted by Gasteiger charge is 2.30. The Bertz CT molecular complexity index is 260. The van der Waals surface area contributed by atoms with Crippen molar-refractivity contribution in [2.45, 2.75) is 6.36 Å². The van der Waals surface area contributed by atoms with Gasteiger partial charge in [-0.25, -0.2) is 0 Å². The van der Waals surface area contributed by atoms with Gasteiger partial charge in [0, 0.05) is 0 Å². The number of rotatable bonds is 1. The molecule has 0 heterocycles. The van der Waals surface area contributed by atoms with Gasteiger partial charge in [-0.2, -0.15) is 0 Å². The summed E-state index contributed by atoms with van der Waals surface area (Å²) >= 11 is 0. The quantitative estimate of drug-likeness (QED) is 0.559. The summed E-state index contributed by atoms with van der Waals surface area (Å²) in [5.74, 6) is -0.187. The van der Waals surface area contributed by atoms with E-state index in [1.165, 1.54) is 12.1 Å². The predicted octanol–water partition coefficient (Wildman–Crippen LogP) is -0.806. The first-order valence-corrected chi connectivity index (χ1v) is 3.30. The van der Waals surface area contributed by atoms with Gasteiger partial charge in [0.15, 0.2) is 0 Å². The van der Waals surface area contributed by atoms with Gasteiger partial charge in [0.2, 0.25) is 0 Å². The van der Waals surface area contributed by atoms with Crippen molar-refractivity contribution < 1.29 is 28.9 Å². The first-order valence-electron chi connectivity index (χ1n) is 3.30. The second-order valence-electron chi connectivity index (χ2n) is 2.36. The predicted molar refractivity (Wildman–Crippen MR) is 48.5 cm³/mol. The molecule has 0 aliphatic rings. The highest BCUT2D eigenvalue weighted by Crippen LogP contribution is 2.21. The van der Waals surface area contributed by atoms with Crippen LogP contribution < -0.4 is 10.2 Å². The fourth-order valence-electron chi connectivity index (χ4n) is 0.740. The Morgan fingerprint density at radius 1 is 1.00 bits per heavy atom. The third-order valence-corrected chi connectivity index (χ3v) is 1.25. The van der Waals surface area contributed by atoms with E-state index < -0.39 is 6.36 Å². The van der Waals surface area contributed by atoms with E-state index in [0.717, 1.165) is 5.46 Å². The molecule has 0 atom stereocenters. The molecule has 4 N–H and O–H groups in total. The zero-order valence-corrected chi connectivity index (χ0v) is 7.35. The van der Waals surface area contributed by atoms with E-state index >= 15 is 0 Å². The van der Waals surface area contributed by atoms with Crippen LogP contribution in [0.15, 0.2) is 24.3 Å². The van der Waals surface area contributed by atoms with E-state index in [1.807, 2.05) is 0 Å². The Labute approximate surface area is 79.5 Å². The van der Waals surface area contributed by atoms with Gasteiger partial charge < -0.3 is 15.7 Å². The molecule has 0 bridgehead atoms. The molecule has 0 unspecified atom stereocenters. The minimum absolute atomic E-state index is 0. The van der Waals surface area contributed by atoms with Crippen LogP contribution in [0.3, 0.4) is 0 Å². The highest BCUT2D eigenvalue weighted by molar-refractivity contribution is 6.32. The molecule has 0 saturated heterocycles. The molecule has 0 aliphatic heterocycles. The normalized spacial score (nSPS) is 9.64. The number of hydrogen-bond donors (Lipinski definition) is 0. The van der Waals surface area contributed by atoms with Crippen molar-refractivity contribution >= 4 is 13.3 Å². The van der Waals surface area contributed by atoms with Gasteiger partial charge in [-0.1, -0.05) is 17.6 Å². The summed E-state index contributed by atoms with van der Waals surface area (Å²) in [6, 6.07) is 5.67. The van der Waals surface area contributed by atoms with Gasteiger partial charge in [0.1, 0.15) is 13.6 Å². The summed E-state index contributed by atoms with van der Waals surface area (Å²) in [6.07, 6.45) is -4.60. The van der Waals surface area contributed by atoms with E-state index in [1.54, 1.807) is 20.0 Å². The van der Waals surface area contributed by atoms with Gasteiger partial charge in [-0.05, 0) is 12.1 Å². The third kappa shape index (κ3) is 5.44. The van der Waals surface area contributed by atoms with E-state index in [4.69, 9.17) is 0 Å². The Hall–Kier alpha value is -1.21. The van der Waals surface area contributed by atoms with Crippen LogP contribution in [0.25, 0.3) is 0 Å². The molecule has 1 rings (SSSR count). The molecule has 0 amide bonds. The minimum atomic E-state index is -4.60. The molecule has 0 radical (unpaired) electrons. The van der Waals surface area contributed by atoms with E-state index in [2.05, 4.69) is 4.74 Å². The van der Waals surface area contributed by atoms with Crippen molar-refractivity contribution in [2.75, 3.05) is 0 Å². The Balaban J connectivity index is 0. The van der Waals surface area contributed by atoms with Gasteiger partial charge in [-0.3, -0.25) is 0 Å². The van der Waals surface area contributed by atoms with Crippen molar-refractivity contribution in [3.63, 3.8) is 0 Å². The van der Waals surface area contributed by atoms with E-state index in [9.17, 15) is 13.2 Å². The Morgan fingerprint density at radius 3 is 1.79 bits per heavy atom. The number of alkyl halides is 3. The second kappa shape index (κ2) is 5.51. The maximum absolute atomic E-state index is 11.6. The first kappa shape index (κ1) is 15.3. The largest absolute Gasteiger partial charge is 0.573 e. The van der Waals surface area contributed by atoms with Crippen molar-refractivity contribution in [3.05, 3.63) is 24.3 Å². The van der Waals surface area contributed by atoms with Crippen LogP contribution in [-0.2, 0) is 0 Å². The minimum Gasteiger partial charge on any atom is -0.412 e. The van der Waals surface area contributed by atoms with Crippen molar-refractivity contribution in [1.82, 2.24) is 0 Å².